The maximum absolute atomic E-state index is 10.7. The highest BCUT2D eigenvalue weighted by Crippen LogP contribution is 2.24. The summed E-state index contributed by atoms with van der Waals surface area (Å²) in [6, 6.07) is 6.75. The number of non-ortho nitro benzene ring substituents is 1. The van der Waals surface area contributed by atoms with Gasteiger partial charge in [-0.1, -0.05) is 25.8 Å². The predicted octanol–water partition coefficient (Wildman–Crippen LogP) is 3.46. The molecule has 0 saturated heterocycles. The van der Waals surface area contributed by atoms with Gasteiger partial charge in [0, 0.05) is 23.9 Å². The molecule has 6 heteroatoms. The Bertz CT molecular complexity index is 507. The molecule has 2 rings (SSSR count). The first kappa shape index (κ1) is 14.7. The van der Waals surface area contributed by atoms with E-state index in [0.717, 1.165) is 6.42 Å². The molecule has 1 aromatic rings. The maximum atomic E-state index is 10.7. The summed E-state index contributed by atoms with van der Waals surface area (Å²) in [5.74, 6) is 0.605. The van der Waals surface area contributed by atoms with E-state index in [1.165, 1.54) is 31.4 Å². The minimum absolute atomic E-state index is 0.0591. The Morgan fingerprint density at radius 3 is 2.85 bits per heavy atom. The van der Waals surface area contributed by atoms with Gasteiger partial charge in [0.25, 0.3) is 5.69 Å². The van der Waals surface area contributed by atoms with E-state index in [-0.39, 0.29) is 5.69 Å². The van der Waals surface area contributed by atoms with Crippen molar-refractivity contribution in [3.05, 3.63) is 34.4 Å². The van der Waals surface area contributed by atoms with Gasteiger partial charge in [-0.15, -0.1) is 0 Å². The SMILES string of the molecule is C[C@@H]1CCCC[C@@H]1NC(=S)Nc1cccc([N+](=O)[O-])c1. The molecule has 2 atom stereocenters. The van der Waals surface area contributed by atoms with Crippen LogP contribution in [0.2, 0.25) is 0 Å². The molecule has 0 bridgehead atoms. The molecule has 0 heterocycles. The summed E-state index contributed by atoms with van der Waals surface area (Å²) < 4.78 is 0. The molecule has 0 radical (unpaired) electrons. The van der Waals surface area contributed by atoms with Crippen molar-refractivity contribution < 1.29 is 4.92 Å². The lowest BCUT2D eigenvalue weighted by Gasteiger charge is -2.30. The summed E-state index contributed by atoms with van der Waals surface area (Å²) in [6.45, 7) is 2.23. The number of hydrogen-bond acceptors (Lipinski definition) is 3. The van der Waals surface area contributed by atoms with Crippen LogP contribution in [0.5, 0.6) is 0 Å². The number of nitro groups is 1. The second-order valence-electron chi connectivity index (χ2n) is 5.27. The smallest absolute Gasteiger partial charge is 0.271 e. The third-order valence-corrected chi connectivity index (χ3v) is 3.96. The highest BCUT2D eigenvalue weighted by Gasteiger charge is 2.21. The number of nitro benzene ring substituents is 1. The minimum Gasteiger partial charge on any atom is -0.359 e. The Balaban J connectivity index is 1.94. The molecule has 0 aromatic heterocycles. The van der Waals surface area contributed by atoms with Crippen LogP contribution in [0.4, 0.5) is 11.4 Å². The molecule has 0 aliphatic heterocycles. The molecule has 1 aromatic carbocycles. The fourth-order valence-electron chi connectivity index (χ4n) is 2.56. The zero-order valence-electron chi connectivity index (χ0n) is 11.5. The van der Waals surface area contributed by atoms with Crippen LogP contribution in [-0.2, 0) is 0 Å². The van der Waals surface area contributed by atoms with Crippen molar-refractivity contribution in [1.82, 2.24) is 5.32 Å². The highest BCUT2D eigenvalue weighted by molar-refractivity contribution is 7.80. The first-order valence-electron chi connectivity index (χ1n) is 6.88. The Kier molecular flexibility index (Phi) is 4.89. The van der Waals surface area contributed by atoms with E-state index < -0.39 is 4.92 Å². The van der Waals surface area contributed by atoms with Crippen LogP contribution in [0.25, 0.3) is 0 Å². The second kappa shape index (κ2) is 6.65. The van der Waals surface area contributed by atoms with E-state index in [9.17, 15) is 10.1 Å². The molecule has 1 aliphatic carbocycles. The van der Waals surface area contributed by atoms with Crippen molar-refractivity contribution in [2.75, 3.05) is 5.32 Å². The zero-order chi connectivity index (χ0) is 14.5. The lowest BCUT2D eigenvalue weighted by Crippen LogP contribution is -2.43. The molecule has 0 unspecified atom stereocenters. The lowest BCUT2D eigenvalue weighted by atomic mass is 9.86. The van der Waals surface area contributed by atoms with E-state index in [1.54, 1.807) is 12.1 Å². The molecule has 0 amide bonds. The van der Waals surface area contributed by atoms with Crippen LogP contribution < -0.4 is 10.6 Å². The Morgan fingerprint density at radius 1 is 1.40 bits per heavy atom. The van der Waals surface area contributed by atoms with Crippen molar-refractivity contribution in [1.29, 1.82) is 0 Å². The monoisotopic (exact) mass is 293 g/mol. The molecule has 108 valence electrons. The van der Waals surface area contributed by atoms with Crippen molar-refractivity contribution in [2.24, 2.45) is 5.92 Å². The van der Waals surface area contributed by atoms with Gasteiger partial charge in [-0.25, -0.2) is 0 Å². The summed E-state index contributed by atoms with van der Waals surface area (Å²) in [4.78, 5) is 10.3. The van der Waals surface area contributed by atoms with E-state index >= 15 is 0 Å². The molecule has 0 spiro atoms. The summed E-state index contributed by atoms with van der Waals surface area (Å²) in [7, 11) is 0. The number of hydrogen-bond donors (Lipinski definition) is 2. The normalized spacial score (nSPS) is 22.1. The maximum Gasteiger partial charge on any atom is 0.271 e. The van der Waals surface area contributed by atoms with Crippen LogP contribution in [0.1, 0.15) is 32.6 Å². The number of rotatable bonds is 3. The zero-order valence-corrected chi connectivity index (χ0v) is 12.3. The first-order valence-corrected chi connectivity index (χ1v) is 7.29. The van der Waals surface area contributed by atoms with Gasteiger partial charge in [0.1, 0.15) is 0 Å². The Labute approximate surface area is 123 Å². The average molecular weight is 293 g/mol. The summed E-state index contributed by atoms with van der Waals surface area (Å²) in [5, 5.41) is 17.6. The van der Waals surface area contributed by atoms with Gasteiger partial charge in [-0.3, -0.25) is 10.1 Å². The molecular weight excluding hydrogens is 274 g/mol. The van der Waals surface area contributed by atoms with Crippen LogP contribution >= 0.6 is 12.2 Å². The summed E-state index contributed by atoms with van der Waals surface area (Å²) >= 11 is 5.29. The quantitative estimate of drug-likeness (QED) is 0.507. The fourth-order valence-corrected chi connectivity index (χ4v) is 2.83. The van der Waals surface area contributed by atoms with Crippen LogP contribution in [0.15, 0.2) is 24.3 Å². The molecule has 1 saturated carbocycles. The van der Waals surface area contributed by atoms with Gasteiger partial charge in [-0.2, -0.15) is 0 Å². The van der Waals surface area contributed by atoms with Gasteiger partial charge >= 0.3 is 0 Å². The van der Waals surface area contributed by atoms with Crippen molar-refractivity contribution in [2.45, 2.75) is 38.6 Å². The molecule has 1 fully saturated rings. The van der Waals surface area contributed by atoms with Gasteiger partial charge < -0.3 is 10.6 Å². The Morgan fingerprint density at radius 2 is 2.15 bits per heavy atom. The fraction of sp³-hybridized carbons (Fsp3) is 0.500. The Hall–Kier alpha value is -1.69. The largest absolute Gasteiger partial charge is 0.359 e. The van der Waals surface area contributed by atoms with Gasteiger partial charge in [-0.05, 0) is 37.0 Å². The van der Waals surface area contributed by atoms with E-state index in [0.29, 0.717) is 22.8 Å². The molecule has 5 nitrogen and oxygen atoms in total. The van der Waals surface area contributed by atoms with Crippen molar-refractivity contribution >= 4 is 28.7 Å². The predicted molar refractivity (Wildman–Crippen MR) is 83.9 cm³/mol. The number of benzene rings is 1. The number of anilines is 1. The number of thiocarbonyl (C=S) groups is 1. The molecule has 20 heavy (non-hydrogen) atoms. The topological polar surface area (TPSA) is 67.2 Å². The number of nitrogens with zero attached hydrogens (tertiary/aromatic N) is 1. The first-order chi connectivity index (χ1) is 9.56. The molecular formula is C14H19N3O2S. The second-order valence-corrected chi connectivity index (χ2v) is 5.68. The van der Waals surface area contributed by atoms with Crippen molar-refractivity contribution in [3.8, 4) is 0 Å². The van der Waals surface area contributed by atoms with Crippen LogP contribution in [0.3, 0.4) is 0 Å². The van der Waals surface area contributed by atoms with Gasteiger partial charge in [0.15, 0.2) is 5.11 Å². The van der Waals surface area contributed by atoms with Gasteiger partial charge in [0.2, 0.25) is 0 Å². The third kappa shape index (κ3) is 3.90. The average Bonchev–Trinajstić information content (AvgIpc) is 2.41. The minimum atomic E-state index is -0.412. The number of nitrogens with one attached hydrogen (secondary N) is 2. The lowest BCUT2D eigenvalue weighted by molar-refractivity contribution is -0.384. The van der Waals surface area contributed by atoms with E-state index in [1.807, 2.05) is 0 Å². The van der Waals surface area contributed by atoms with Crippen LogP contribution in [-0.4, -0.2) is 16.1 Å². The standard InChI is InChI=1S/C14H19N3O2S/c1-10-5-2-3-8-13(10)16-14(20)15-11-6-4-7-12(9-11)17(18)19/h4,6-7,9-10,13H,2-3,5,8H2,1H3,(H2,15,16,20)/t10-,13+/m1/s1. The third-order valence-electron chi connectivity index (χ3n) is 3.74. The van der Waals surface area contributed by atoms with Crippen molar-refractivity contribution in [3.63, 3.8) is 0 Å². The molecule has 1 aliphatic rings. The molecule has 2 N–H and O–H groups in total. The summed E-state index contributed by atoms with van der Waals surface area (Å²) in [6.07, 6.45) is 4.85. The highest BCUT2D eigenvalue weighted by atomic mass is 32.1. The van der Waals surface area contributed by atoms with E-state index in [2.05, 4.69) is 17.6 Å². The van der Waals surface area contributed by atoms with Crippen LogP contribution in [0, 0.1) is 16.0 Å². The summed E-state index contributed by atoms with van der Waals surface area (Å²) in [5.41, 5.74) is 0.698. The van der Waals surface area contributed by atoms with E-state index in [4.69, 9.17) is 12.2 Å². The van der Waals surface area contributed by atoms with Gasteiger partial charge in [0.05, 0.1) is 4.92 Å².